The van der Waals surface area contributed by atoms with Crippen molar-refractivity contribution < 1.29 is 9.53 Å². The zero-order chi connectivity index (χ0) is 20.1. The van der Waals surface area contributed by atoms with E-state index < -0.39 is 0 Å². The van der Waals surface area contributed by atoms with Gasteiger partial charge in [0, 0.05) is 21.5 Å². The molecule has 0 spiro atoms. The third kappa shape index (κ3) is 4.76. The first-order chi connectivity index (χ1) is 14.2. The summed E-state index contributed by atoms with van der Waals surface area (Å²) in [6.07, 6.45) is 2.02. The third-order valence-corrected chi connectivity index (χ3v) is 5.25. The lowest BCUT2D eigenvalue weighted by Gasteiger charge is -2.09. The van der Waals surface area contributed by atoms with Gasteiger partial charge in [-0.3, -0.25) is 4.79 Å². The standard InChI is InChI=1S/C24H20N2O2S/c1-29-22-14-10-19(11-15-22)26-24(27)18-7-12-21(13-8-18)28-16-20-9-6-17-4-2-3-5-23(17)25-20/h2-15H,16H2,1H3,(H,26,27). The number of para-hydroxylation sites is 1. The molecule has 0 saturated heterocycles. The third-order valence-electron chi connectivity index (χ3n) is 4.51. The Labute approximate surface area is 173 Å². The summed E-state index contributed by atoms with van der Waals surface area (Å²) >= 11 is 1.67. The van der Waals surface area contributed by atoms with Crippen molar-refractivity contribution in [2.45, 2.75) is 11.5 Å². The predicted octanol–water partition coefficient (Wildman–Crippen LogP) is 5.79. The average molecular weight is 401 g/mol. The summed E-state index contributed by atoms with van der Waals surface area (Å²) in [6.45, 7) is 0.373. The molecule has 0 unspecified atom stereocenters. The molecule has 29 heavy (non-hydrogen) atoms. The van der Waals surface area contributed by atoms with Crippen LogP contribution in [0, 0.1) is 0 Å². The number of nitrogens with zero attached hydrogens (tertiary/aromatic N) is 1. The van der Waals surface area contributed by atoms with Crippen LogP contribution in [-0.2, 0) is 6.61 Å². The summed E-state index contributed by atoms with van der Waals surface area (Å²) in [7, 11) is 0. The van der Waals surface area contributed by atoms with Gasteiger partial charge in [0.1, 0.15) is 12.4 Å². The maximum Gasteiger partial charge on any atom is 0.255 e. The Morgan fingerprint density at radius 2 is 1.69 bits per heavy atom. The summed E-state index contributed by atoms with van der Waals surface area (Å²) < 4.78 is 5.82. The van der Waals surface area contributed by atoms with Gasteiger partial charge in [-0.25, -0.2) is 4.98 Å². The van der Waals surface area contributed by atoms with E-state index in [0.29, 0.717) is 17.9 Å². The smallest absolute Gasteiger partial charge is 0.255 e. The first-order valence-electron chi connectivity index (χ1n) is 9.24. The van der Waals surface area contributed by atoms with Gasteiger partial charge in [0.15, 0.2) is 0 Å². The number of nitrogens with one attached hydrogen (secondary N) is 1. The minimum Gasteiger partial charge on any atom is -0.487 e. The zero-order valence-corrected chi connectivity index (χ0v) is 16.8. The van der Waals surface area contributed by atoms with Crippen molar-refractivity contribution >= 4 is 34.3 Å². The van der Waals surface area contributed by atoms with E-state index >= 15 is 0 Å². The molecule has 0 bridgehead atoms. The average Bonchev–Trinajstić information content (AvgIpc) is 2.78. The van der Waals surface area contributed by atoms with Crippen LogP contribution in [0.3, 0.4) is 0 Å². The highest BCUT2D eigenvalue weighted by molar-refractivity contribution is 7.98. The Morgan fingerprint density at radius 1 is 0.931 bits per heavy atom. The molecule has 0 atom stereocenters. The highest BCUT2D eigenvalue weighted by Gasteiger charge is 2.07. The number of carbonyl (C=O) groups is 1. The molecule has 3 aromatic carbocycles. The molecule has 0 fully saturated rings. The van der Waals surface area contributed by atoms with Crippen LogP contribution in [-0.4, -0.2) is 17.1 Å². The number of rotatable bonds is 6. The Balaban J connectivity index is 1.37. The maximum absolute atomic E-state index is 12.4. The van der Waals surface area contributed by atoms with E-state index in [1.807, 2.05) is 66.9 Å². The summed E-state index contributed by atoms with van der Waals surface area (Å²) in [5.74, 6) is 0.547. The van der Waals surface area contributed by atoms with Gasteiger partial charge in [0.2, 0.25) is 0 Å². The fraction of sp³-hybridized carbons (Fsp3) is 0.0833. The molecule has 144 valence electrons. The SMILES string of the molecule is CSc1ccc(NC(=O)c2ccc(OCc3ccc4ccccc4n3)cc2)cc1. The first kappa shape index (κ1) is 19.0. The van der Waals surface area contributed by atoms with Crippen molar-refractivity contribution in [2.75, 3.05) is 11.6 Å². The van der Waals surface area contributed by atoms with Gasteiger partial charge in [0.05, 0.1) is 11.2 Å². The molecule has 1 aromatic heterocycles. The Morgan fingerprint density at radius 3 is 2.45 bits per heavy atom. The predicted molar refractivity (Wildman–Crippen MR) is 119 cm³/mol. The summed E-state index contributed by atoms with van der Waals surface area (Å²) in [6, 6.07) is 26.9. The molecule has 0 aliphatic rings. The van der Waals surface area contributed by atoms with E-state index in [4.69, 9.17) is 4.74 Å². The number of ether oxygens (including phenoxy) is 1. The van der Waals surface area contributed by atoms with Gasteiger partial charge in [-0.15, -0.1) is 11.8 Å². The molecule has 0 aliphatic heterocycles. The Bertz CT molecular complexity index is 1130. The van der Waals surface area contributed by atoms with Crippen LogP contribution in [0.1, 0.15) is 16.1 Å². The summed E-state index contributed by atoms with van der Waals surface area (Å²) in [5, 5.41) is 4.01. The minimum atomic E-state index is -0.148. The number of carbonyl (C=O) groups excluding carboxylic acids is 1. The van der Waals surface area contributed by atoms with Crippen LogP contribution in [0.4, 0.5) is 5.69 Å². The number of anilines is 1. The number of aromatic nitrogens is 1. The van der Waals surface area contributed by atoms with Crippen molar-refractivity contribution in [1.29, 1.82) is 0 Å². The number of amides is 1. The highest BCUT2D eigenvalue weighted by atomic mass is 32.2. The highest BCUT2D eigenvalue weighted by Crippen LogP contribution is 2.19. The van der Waals surface area contributed by atoms with Crippen LogP contribution < -0.4 is 10.1 Å². The van der Waals surface area contributed by atoms with Gasteiger partial charge in [-0.1, -0.05) is 24.3 Å². The van der Waals surface area contributed by atoms with Crippen molar-refractivity contribution in [3.63, 3.8) is 0 Å². The van der Waals surface area contributed by atoms with E-state index in [-0.39, 0.29) is 5.91 Å². The molecule has 4 aromatic rings. The molecule has 5 heteroatoms. The lowest BCUT2D eigenvalue weighted by Crippen LogP contribution is -2.11. The molecule has 0 saturated carbocycles. The molecule has 0 aliphatic carbocycles. The van der Waals surface area contributed by atoms with E-state index in [2.05, 4.69) is 10.3 Å². The number of hydrogen-bond acceptors (Lipinski definition) is 4. The minimum absolute atomic E-state index is 0.148. The van der Waals surface area contributed by atoms with E-state index in [1.54, 1.807) is 36.0 Å². The molecular weight excluding hydrogens is 380 g/mol. The normalized spacial score (nSPS) is 10.7. The van der Waals surface area contributed by atoms with Gasteiger partial charge >= 0.3 is 0 Å². The van der Waals surface area contributed by atoms with Crippen molar-refractivity contribution in [1.82, 2.24) is 4.98 Å². The fourth-order valence-corrected chi connectivity index (χ4v) is 3.33. The summed E-state index contributed by atoms with van der Waals surface area (Å²) in [5.41, 5.74) is 3.16. The van der Waals surface area contributed by atoms with E-state index in [1.165, 1.54) is 0 Å². The second-order valence-corrected chi connectivity index (χ2v) is 7.37. The van der Waals surface area contributed by atoms with Crippen LogP contribution in [0.15, 0.2) is 89.8 Å². The van der Waals surface area contributed by atoms with E-state index in [9.17, 15) is 4.79 Å². The molecule has 1 heterocycles. The number of hydrogen-bond donors (Lipinski definition) is 1. The quantitative estimate of drug-likeness (QED) is 0.416. The molecule has 1 N–H and O–H groups in total. The van der Waals surface area contributed by atoms with Crippen LogP contribution in [0.25, 0.3) is 10.9 Å². The fourth-order valence-electron chi connectivity index (χ4n) is 2.93. The first-order valence-corrected chi connectivity index (χ1v) is 10.5. The molecule has 4 nitrogen and oxygen atoms in total. The summed E-state index contributed by atoms with van der Waals surface area (Å²) in [4.78, 5) is 18.2. The monoisotopic (exact) mass is 400 g/mol. The molecule has 1 amide bonds. The van der Waals surface area contributed by atoms with Gasteiger partial charge in [-0.2, -0.15) is 0 Å². The molecular formula is C24H20N2O2S. The van der Waals surface area contributed by atoms with Gasteiger partial charge in [0.25, 0.3) is 5.91 Å². The second-order valence-electron chi connectivity index (χ2n) is 6.49. The lowest BCUT2D eigenvalue weighted by molar-refractivity contribution is 0.102. The van der Waals surface area contributed by atoms with Crippen LogP contribution in [0.5, 0.6) is 5.75 Å². The largest absolute Gasteiger partial charge is 0.487 e. The number of thioether (sulfide) groups is 1. The van der Waals surface area contributed by atoms with E-state index in [0.717, 1.165) is 27.2 Å². The van der Waals surface area contributed by atoms with Gasteiger partial charge < -0.3 is 10.1 Å². The van der Waals surface area contributed by atoms with Crippen molar-refractivity contribution in [3.8, 4) is 5.75 Å². The Kier molecular flexibility index (Phi) is 5.77. The molecule has 0 radical (unpaired) electrons. The van der Waals surface area contributed by atoms with Crippen molar-refractivity contribution in [3.05, 3.63) is 96.2 Å². The van der Waals surface area contributed by atoms with Crippen molar-refractivity contribution in [2.24, 2.45) is 0 Å². The number of fused-ring (bicyclic) bond motifs is 1. The van der Waals surface area contributed by atoms with Crippen LogP contribution in [0.2, 0.25) is 0 Å². The van der Waals surface area contributed by atoms with Crippen LogP contribution >= 0.6 is 11.8 Å². The zero-order valence-electron chi connectivity index (χ0n) is 16.0. The second kappa shape index (κ2) is 8.80. The lowest BCUT2D eigenvalue weighted by atomic mass is 10.2. The molecule has 4 rings (SSSR count). The maximum atomic E-state index is 12.4. The van der Waals surface area contributed by atoms with Gasteiger partial charge in [-0.05, 0) is 66.9 Å². The number of pyridine rings is 1. The Hall–Kier alpha value is -3.31. The number of benzene rings is 3. The topological polar surface area (TPSA) is 51.2 Å².